The number of methoxy groups -OCH3 is 1. The van der Waals surface area contributed by atoms with Crippen molar-refractivity contribution in [1.29, 1.82) is 0 Å². The summed E-state index contributed by atoms with van der Waals surface area (Å²) in [6.45, 7) is 2.73. The van der Waals surface area contributed by atoms with Crippen molar-refractivity contribution in [3.8, 4) is 11.5 Å². The van der Waals surface area contributed by atoms with Crippen LogP contribution in [-0.2, 0) is 10.0 Å². The summed E-state index contributed by atoms with van der Waals surface area (Å²) >= 11 is 0. The Bertz CT molecular complexity index is 849. The maximum atomic E-state index is 11.2. The molecule has 7 nitrogen and oxygen atoms in total. The highest BCUT2D eigenvalue weighted by molar-refractivity contribution is 7.89. The molecule has 0 spiro atoms. The van der Waals surface area contributed by atoms with Crippen LogP contribution in [-0.4, -0.2) is 28.3 Å². The van der Waals surface area contributed by atoms with Gasteiger partial charge < -0.3 is 9.47 Å². The van der Waals surface area contributed by atoms with E-state index in [1.807, 2.05) is 18.2 Å². The number of hydrogen-bond donors (Lipinski definition) is 2. The van der Waals surface area contributed by atoms with Crippen molar-refractivity contribution in [3.63, 3.8) is 0 Å². The largest absolute Gasteiger partial charge is 0.493 e. The molecule has 0 aliphatic carbocycles. The number of primary sulfonamides is 1. The van der Waals surface area contributed by atoms with Gasteiger partial charge in [0.15, 0.2) is 11.5 Å². The molecule has 0 aromatic heterocycles. The lowest BCUT2D eigenvalue weighted by atomic mass is 10.2. The average Bonchev–Trinajstić information content (AvgIpc) is 2.62. The molecule has 2 aromatic rings. The van der Waals surface area contributed by atoms with Gasteiger partial charge in [-0.05, 0) is 54.4 Å². The standard InChI is InChI=1S/C18H23N3O4S/c1-3-4-11-25-18-12-14(5-10-17(18)24-2)13-20-21-15-6-8-16(9-7-15)26(19,22)23/h5-10,12-13,21H,3-4,11H2,1-2H3,(H2,19,22,23)/b20-13+. The average molecular weight is 377 g/mol. The van der Waals surface area contributed by atoms with E-state index >= 15 is 0 Å². The third kappa shape index (κ3) is 5.75. The molecule has 0 aliphatic rings. The number of anilines is 1. The SMILES string of the molecule is CCCCOc1cc(/C=N/Nc2ccc(S(N)(=O)=O)cc2)ccc1OC. The van der Waals surface area contributed by atoms with Crippen LogP contribution in [0.2, 0.25) is 0 Å². The van der Waals surface area contributed by atoms with E-state index < -0.39 is 10.0 Å². The topological polar surface area (TPSA) is 103 Å². The Morgan fingerprint density at radius 1 is 1.15 bits per heavy atom. The van der Waals surface area contributed by atoms with Crippen molar-refractivity contribution >= 4 is 21.9 Å². The minimum absolute atomic E-state index is 0.0519. The van der Waals surface area contributed by atoms with Gasteiger partial charge in [0.05, 0.1) is 30.5 Å². The van der Waals surface area contributed by atoms with Gasteiger partial charge in [-0.3, -0.25) is 5.43 Å². The molecule has 0 fully saturated rings. The second-order valence-corrected chi connectivity index (χ2v) is 7.11. The molecule has 0 radical (unpaired) electrons. The molecule has 0 amide bonds. The summed E-state index contributed by atoms with van der Waals surface area (Å²) in [7, 11) is -2.10. The van der Waals surface area contributed by atoms with Gasteiger partial charge in [-0.15, -0.1) is 0 Å². The maximum absolute atomic E-state index is 11.2. The van der Waals surface area contributed by atoms with Gasteiger partial charge >= 0.3 is 0 Å². The van der Waals surface area contributed by atoms with Crippen LogP contribution < -0.4 is 20.0 Å². The predicted octanol–water partition coefficient (Wildman–Crippen LogP) is 2.97. The zero-order valence-electron chi connectivity index (χ0n) is 14.8. The lowest BCUT2D eigenvalue weighted by Crippen LogP contribution is -2.11. The molecule has 2 aromatic carbocycles. The molecule has 3 N–H and O–H groups in total. The van der Waals surface area contributed by atoms with Crippen LogP contribution in [0.15, 0.2) is 52.5 Å². The molecule has 0 bridgehead atoms. The quantitative estimate of drug-likeness (QED) is 0.397. The first-order valence-electron chi connectivity index (χ1n) is 8.17. The number of rotatable bonds is 9. The number of hydrazone groups is 1. The number of ether oxygens (including phenoxy) is 2. The molecular formula is C18H23N3O4S. The number of hydrogen-bond acceptors (Lipinski definition) is 6. The number of sulfonamides is 1. The Kier molecular flexibility index (Phi) is 6.99. The van der Waals surface area contributed by atoms with Gasteiger partial charge in [0.1, 0.15) is 0 Å². The number of nitrogens with one attached hydrogen (secondary N) is 1. The van der Waals surface area contributed by atoms with E-state index in [4.69, 9.17) is 14.6 Å². The second kappa shape index (κ2) is 9.21. The van der Waals surface area contributed by atoms with E-state index in [1.54, 1.807) is 25.5 Å². The highest BCUT2D eigenvalue weighted by Crippen LogP contribution is 2.27. The number of nitrogens with zero attached hydrogens (tertiary/aromatic N) is 1. The Balaban J connectivity index is 2.04. The van der Waals surface area contributed by atoms with Crippen molar-refractivity contribution in [3.05, 3.63) is 48.0 Å². The third-order valence-electron chi connectivity index (χ3n) is 3.53. The van der Waals surface area contributed by atoms with Gasteiger partial charge in [0, 0.05) is 0 Å². The minimum atomic E-state index is -3.70. The molecule has 0 atom stereocenters. The Morgan fingerprint density at radius 2 is 1.88 bits per heavy atom. The summed E-state index contributed by atoms with van der Waals surface area (Å²) in [5, 5.41) is 9.21. The highest BCUT2D eigenvalue weighted by atomic mass is 32.2. The predicted molar refractivity (Wildman–Crippen MR) is 102 cm³/mol. The maximum Gasteiger partial charge on any atom is 0.238 e. The zero-order valence-corrected chi connectivity index (χ0v) is 15.6. The normalized spacial score (nSPS) is 11.5. The monoisotopic (exact) mass is 377 g/mol. The van der Waals surface area contributed by atoms with Crippen LogP contribution in [0.3, 0.4) is 0 Å². The van der Waals surface area contributed by atoms with Crippen LogP contribution >= 0.6 is 0 Å². The summed E-state index contributed by atoms with van der Waals surface area (Å²) in [6.07, 6.45) is 3.66. The summed E-state index contributed by atoms with van der Waals surface area (Å²) in [4.78, 5) is 0.0519. The Hall–Kier alpha value is -2.58. The first-order chi connectivity index (χ1) is 12.4. The van der Waals surface area contributed by atoms with Crippen molar-refractivity contribution in [1.82, 2.24) is 0 Å². The number of unbranched alkanes of at least 4 members (excludes halogenated alkanes) is 1. The van der Waals surface area contributed by atoms with Crippen LogP contribution in [0.1, 0.15) is 25.3 Å². The van der Waals surface area contributed by atoms with Crippen molar-refractivity contribution in [2.45, 2.75) is 24.7 Å². The Labute approximate surface area is 153 Å². The minimum Gasteiger partial charge on any atom is -0.493 e. The lowest BCUT2D eigenvalue weighted by molar-refractivity contribution is 0.288. The van der Waals surface area contributed by atoms with Gasteiger partial charge in [-0.2, -0.15) is 5.10 Å². The highest BCUT2D eigenvalue weighted by Gasteiger charge is 2.07. The van der Waals surface area contributed by atoms with Crippen molar-refractivity contribution in [2.24, 2.45) is 10.2 Å². The lowest BCUT2D eigenvalue weighted by Gasteiger charge is -2.11. The van der Waals surface area contributed by atoms with E-state index in [0.717, 1.165) is 18.4 Å². The van der Waals surface area contributed by atoms with Gasteiger partial charge in [-0.25, -0.2) is 13.6 Å². The van der Waals surface area contributed by atoms with Crippen LogP contribution in [0.4, 0.5) is 5.69 Å². The Morgan fingerprint density at radius 3 is 2.50 bits per heavy atom. The van der Waals surface area contributed by atoms with E-state index in [2.05, 4.69) is 17.5 Å². The molecule has 0 saturated heterocycles. The second-order valence-electron chi connectivity index (χ2n) is 5.55. The van der Waals surface area contributed by atoms with Gasteiger partial charge in [-0.1, -0.05) is 13.3 Å². The third-order valence-corrected chi connectivity index (χ3v) is 4.46. The fourth-order valence-corrected chi connectivity index (χ4v) is 2.63. The van der Waals surface area contributed by atoms with E-state index in [9.17, 15) is 8.42 Å². The van der Waals surface area contributed by atoms with Crippen LogP contribution in [0.5, 0.6) is 11.5 Å². The smallest absolute Gasteiger partial charge is 0.238 e. The first-order valence-corrected chi connectivity index (χ1v) is 9.71. The number of benzene rings is 2. The van der Waals surface area contributed by atoms with Gasteiger partial charge in [0.2, 0.25) is 10.0 Å². The number of nitrogens with two attached hydrogens (primary N) is 1. The summed E-state index contributed by atoms with van der Waals surface area (Å²) in [6, 6.07) is 11.5. The van der Waals surface area contributed by atoms with E-state index in [-0.39, 0.29) is 4.90 Å². The van der Waals surface area contributed by atoms with E-state index in [0.29, 0.717) is 23.8 Å². The molecule has 8 heteroatoms. The molecule has 2 rings (SSSR count). The van der Waals surface area contributed by atoms with Crippen molar-refractivity contribution in [2.75, 3.05) is 19.1 Å². The summed E-state index contributed by atoms with van der Waals surface area (Å²) in [5.41, 5.74) is 4.31. The molecule has 0 aliphatic heterocycles. The fourth-order valence-electron chi connectivity index (χ4n) is 2.11. The molecular weight excluding hydrogens is 354 g/mol. The zero-order chi connectivity index (χ0) is 19.0. The van der Waals surface area contributed by atoms with Crippen molar-refractivity contribution < 1.29 is 17.9 Å². The van der Waals surface area contributed by atoms with Crippen LogP contribution in [0, 0.1) is 0 Å². The van der Waals surface area contributed by atoms with E-state index in [1.165, 1.54) is 12.1 Å². The fraction of sp³-hybridized carbons (Fsp3) is 0.278. The first kappa shape index (κ1) is 19.7. The molecule has 26 heavy (non-hydrogen) atoms. The molecule has 0 unspecified atom stereocenters. The molecule has 140 valence electrons. The molecule has 0 saturated carbocycles. The molecule has 0 heterocycles. The summed E-state index contributed by atoms with van der Waals surface area (Å²) in [5.74, 6) is 1.34. The van der Waals surface area contributed by atoms with Crippen LogP contribution in [0.25, 0.3) is 0 Å². The summed E-state index contributed by atoms with van der Waals surface area (Å²) < 4.78 is 33.5. The van der Waals surface area contributed by atoms with Gasteiger partial charge in [0.25, 0.3) is 0 Å².